The summed E-state index contributed by atoms with van der Waals surface area (Å²) in [5.41, 5.74) is 6.31. The molecule has 0 saturated heterocycles. The fraction of sp³-hybridized carbons (Fsp3) is 0.308. The number of allylic oxidation sites excluding steroid dienone is 2. The van der Waals surface area contributed by atoms with Gasteiger partial charge >= 0.3 is 0 Å². The van der Waals surface area contributed by atoms with Crippen LogP contribution in [-0.4, -0.2) is 5.91 Å². The second-order valence-electron chi connectivity index (χ2n) is 3.24. The molecule has 2 N–H and O–H groups in total. The highest BCUT2D eigenvalue weighted by Gasteiger charge is 1.87. The number of carbonyl (C=O) groups excluding carboxylic acids is 1. The van der Waals surface area contributed by atoms with Gasteiger partial charge in [0.25, 0.3) is 0 Å². The Bertz CT molecular complexity index is 348. The third-order valence-electron chi connectivity index (χ3n) is 2.01. The molecule has 0 aliphatic rings. The molecular formula is C13H19NO2. The smallest absolute Gasteiger partial charge is 0.241 e. The first kappa shape index (κ1) is 14.2. The topological polar surface area (TPSA) is 56.2 Å². The van der Waals surface area contributed by atoms with Crippen LogP contribution in [0.25, 0.3) is 6.08 Å². The number of primary amides is 1. The van der Waals surface area contributed by atoms with Crippen molar-refractivity contribution in [3.8, 4) is 0 Å². The van der Waals surface area contributed by atoms with Crippen LogP contribution in [0.5, 0.6) is 0 Å². The number of amides is 1. The van der Waals surface area contributed by atoms with Gasteiger partial charge in [-0.25, -0.2) is 0 Å². The minimum absolute atomic E-state index is 0.476. The minimum Gasteiger partial charge on any atom is -0.465 e. The van der Waals surface area contributed by atoms with Gasteiger partial charge in [-0.05, 0) is 38.5 Å². The first-order valence-electron chi connectivity index (χ1n) is 5.23. The number of carbonyl (C=O) groups is 1. The van der Waals surface area contributed by atoms with Crippen molar-refractivity contribution in [1.29, 1.82) is 0 Å². The fourth-order valence-electron chi connectivity index (χ4n) is 0.754. The van der Waals surface area contributed by atoms with E-state index in [4.69, 9.17) is 10.2 Å². The molecule has 0 unspecified atom stereocenters. The summed E-state index contributed by atoms with van der Waals surface area (Å²) < 4.78 is 4.89. The summed E-state index contributed by atoms with van der Waals surface area (Å²) in [5, 5.41) is 0. The quantitative estimate of drug-likeness (QED) is 0.629. The SMILES string of the molecule is CC=C(C)CC.NC(=O)/C=C/c1ccco1. The van der Waals surface area contributed by atoms with Crippen LogP contribution in [0.2, 0.25) is 0 Å². The lowest BCUT2D eigenvalue weighted by Gasteiger charge is -1.85. The number of rotatable bonds is 3. The van der Waals surface area contributed by atoms with Gasteiger partial charge in [0.05, 0.1) is 6.26 Å². The summed E-state index contributed by atoms with van der Waals surface area (Å²) >= 11 is 0. The van der Waals surface area contributed by atoms with Crippen molar-refractivity contribution in [3.05, 3.63) is 41.9 Å². The van der Waals surface area contributed by atoms with E-state index in [1.54, 1.807) is 12.1 Å². The highest BCUT2D eigenvalue weighted by atomic mass is 16.3. The van der Waals surface area contributed by atoms with E-state index < -0.39 is 5.91 Å². The third-order valence-corrected chi connectivity index (χ3v) is 2.01. The molecule has 1 amide bonds. The van der Waals surface area contributed by atoms with Gasteiger partial charge in [0.15, 0.2) is 0 Å². The molecule has 1 aromatic rings. The summed E-state index contributed by atoms with van der Waals surface area (Å²) in [6, 6.07) is 3.47. The van der Waals surface area contributed by atoms with Gasteiger partial charge in [-0.15, -0.1) is 0 Å². The van der Waals surface area contributed by atoms with Crippen LogP contribution in [0, 0.1) is 0 Å². The molecule has 88 valence electrons. The molecule has 3 heteroatoms. The Hall–Kier alpha value is -1.77. The van der Waals surface area contributed by atoms with Crippen molar-refractivity contribution < 1.29 is 9.21 Å². The molecular weight excluding hydrogens is 202 g/mol. The molecule has 0 aliphatic heterocycles. The van der Waals surface area contributed by atoms with Gasteiger partial charge in [-0.3, -0.25) is 4.79 Å². The van der Waals surface area contributed by atoms with E-state index in [2.05, 4.69) is 26.8 Å². The van der Waals surface area contributed by atoms with Gasteiger partial charge in [0.1, 0.15) is 5.76 Å². The van der Waals surface area contributed by atoms with Crippen LogP contribution in [0.15, 0.2) is 40.5 Å². The summed E-state index contributed by atoms with van der Waals surface area (Å²) in [7, 11) is 0. The zero-order chi connectivity index (χ0) is 12.4. The maximum Gasteiger partial charge on any atom is 0.241 e. The predicted molar refractivity (Wildman–Crippen MR) is 66.7 cm³/mol. The molecule has 0 radical (unpaired) electrons. The Morgan fingerprint density at radius 2 is 2.25 bits per heavy atom. The number of hydrogen-bond donors (Lipinski definition) is 1. The van der Waals surface area contributed by atoms with E-state index >= 15 is 0 Å². The van der Waals surface area contributed by atoms with Crippen LogP contribution in [0.3, 0.4) is 0 Å². The Morgan fingerprint density at radius 3 is 2.56 bits per heavy atom. The van der Waals surface area contributed by atoms with Crippen LogP contribution in [0.4, 0.5) is 0 Å². The Morgan fingerprint density at radius 1 is 1.56 bits per heavy atom. The van der Waals surface area contributed by atoms with Crippen LogP contribution >= 0.6 is 0 Å². The molecule has 0 spiro atoms. The second kappa shape index (κ2) is 8.53. The first-order valence-corrected chi connectivity index (χ1v) is 5.23. The molecule has 0 atom stereocenters. The van der Waals surface area contributed by atoms with Crippen LogP contribution < -0.4 is 5.73 Å². The lowest BCUT2D eigenvalue weighted by Crippen LogP contribution is -2.04. The van der Waals surface area contributed by atoms with E-state index in [1.807, 2.05) is 0 Å². The monoisotopic (exact) mass is 221 g/mol. The Kier molecular flexibility index (Phi) is 7.59. The molecule has 0 aliphatic carbocycles. The van der Waals surface area contributed by atoms with E-state index in [0.717, 1.165) is 0 Å². The second-order valence-corrected chi connectivity index (χ2v) is 3.24. The normalized spacial score (nSPS) is 11.1. The summed E-state index contributed by atoms with van der Waals surface area (Å²) in [5.74, 6) is 0.148. The van der Waals surface area contributed by atoms with Crippen LogP contribution in [-0.2, 0) is 4.79 Å². The third kappa shape index (κ3) is 7.62. The van der Waals surface area contributed by atoms with E-state index in [-0.39, 0.29) is 0 Å². The van der Waals surface area contributed by atoms with Gasteiger partial charge in [0.2, 0.25) is 5.91 Å². The maximum absolute atomic E-state index is 10.2. The Labute approximate surface area is 96.6 Å². The highest BCUT2D eigenvalue weighted by molar-refractivity contribution is 5.89. The average Bonchev–Trinajstić information content (AvgIpc) is 2.79. The van der Waals surface area contributed by atoms with Crippen molar-refractivity contribution >= 4 is 12.0 Å². The van der Waals surface area contributed by atoms with Gasteiger partial charge < -0.3 is 10.2 Å². The van der Waals surface area contributed by atoms with Crippen molar-refractivity contribution in [2.24, 2.45) is 5.73 Å². The standard InChI is InChI=1S/C7H7NO2.C6H12/c8-7(9)4-3-6-2-1-5-10-6;1-4-6(3)5-2/h1-5H,(H2,8,9);4H,5H2,1-3H3/b4-3+;. The Balaban J connectivity index is 0.000000325. The largest absolute Gasteiger partial charge is 0.465 e. The number of furan rings is 1. The fourth-order valence-corrected chi connectivity index (χ4v) is 0.754. The van der Waals surface area contributed by atoms with Gasteiger partial charge in [-0.2, -0.15) is 0 Å². The predicted octanol–water partition coefficient (Wildman–Crippen LogP) is 3.14. The molecule has 0 aromatic carbocycles. The van der Waals surface area contributed by atoms with E-state index in [1.165, 1.54) is 30.4 Å². The molecule has 1 aromatic heterocycles. The molecule has 0 fully saturated rings. The number of nitrogens with two attached hydrogens (primary N) is 1. The van der Waals surface area contributed by atoms with E-state index in [9.17, 15) is 4.79 Å². The average molecular weight is 221 g/mol. The lowest BCUT2D eigenvalue weighted by molar-refractivity contribution is -0.113. The molecule has 16 heavy (non-hydrogen) atoms. The number of hydrogen-bond acceptors (Lipinski definition) is 2. The summed E-state index contributed by atoms with van der Waals surface area (Å²) in [6.45, 7) is 6.37. The van der Waals surface area contributed by atoms with Gasteiger partial charge in [0, 0.05) is 6.08 Å². The minimum atomic E-state index is -0.476. The van der Waals surface area contributed by atoms with Crippen molar-refractivity contribution in [2.75, 3.05) is 0 Å². The van der Waals surface area contributed by atoms with Gasteiger partial charge in [-0.1, -0.05) is 18.6 Å². The molecule has 1 rings (SSSR count). The highest BCUT2D eigenvalue weighted by Crippen LogP contribution is 2.00. The van der Waals surface area contributed by atoms with Crippen molar-refractivity contribution in [3.63, 3.8) is 0 Å². The zero-order valence-corrected chi connectivity index (χ0v) is 10.1. The summed E-state index contributed by atoms with van der Waals surface area (Å²) in [6.07, 6.45) is 7.62. The van der Waals surface area contributed by atoms with Crippen molar-refractivity contribution in [2.45, 2.75) is 27.2 Å². The first-order chi connectivity index (χ1) is 7.60. The lowest BCUT2D eigenvalue weighted by atomic mass is 10.2. The van der Waals surface area contributed by atoms with E-state index in [0.29, 0.717) is 5.76 Å². The van der Waals surface area contributed by atoms with Crippen molar-refractivity contribution in [1.82, 2.24) is 0 Å². The summed E-state index contributed by atoms with van der Waals surface area (Å²) in [4.78, 5) is 10.2. The molecule has 3 nitrogen and oxygen atoms in total. The zero-order valence-electron chi connectivity index (χ0n) is 10.1. The maximum atomic E-state index is 10.2. The molecule has 1 heterocycles. The van der Waals surface area contributed by atoms with Crippen LogP contribution in [0.1, 0.15) is 33.0 Å². The molecule has 0 bridgehead atoms. The molecule has 0 saturated carbocycles.